The Labute approximate surface area is 141 Å². The van der Waals surface area contributed by atoms with Gasteiger partial charge in [-0.05, 0) is 12.1 Å². The Bertz CT molecular complexity index is 969. The number of alkyl halides is 3. The number of aromatic nitrogens is 1. The summed E-state index contributed by atoms with van der Waals surface area (Å²) < 4.78 is 70.7. The molecule has 3 rings (SSSR count). The molecule has 0 aliphatic carbocycles. The Morgan fingerprint density at radius 2 is 1.48 bits per heavy atom. The Balaban J connectivity index is 2.12. The smallest absolute Gasteiger partial charge is 0.349 e. The minimum atomic E-state index is -4.91. The highest BCUT2D eigenvalue weighted by atomic mass is 32.2. The number of rotatable bonds is 4. The molecule has 0 saturated carbocycles. The fraction of sp³-hybridized carbons (Fsp3) is 0.0625. The molecule has 0 radical (unpaired) electrons. The molecule has 0 aliphatic heterocycles. The van der Waals surface area contributed by atoms with Crippen molar-refractivity contribution in [1.29, 1.82) is 0 Å². The van der Waals surface area contributed by atoms with Gasteiger partial charge < -0.3 is 4.52 Å². The highest BCUT2D eigenvalue weighted by Gasteiger charge is 2.42. The summed E-state index contributed by atoms with van der Waals surface area (Å²) in [6.45, 7) is 0. The summed E-state index contributed by atoms with van der Waals surface area (Å²) in [5, 5.41) is 3.41. The number of halogens is 3. The largest absolute Gasteiger partial charge is 0.454 e. The van der Waals surface area contributed by atoms with E-state index in [-0.39, 0.29) is 16.2 Å². The van der Waals surface area contributed by atoms with Gasteiger partial charge in [-0.3, -0.25) is 4.72 Å². The predicted octanol–water partition coefficient (Wildman–Crippen LogP) is 4.16. The lowest BCUT2D eigenvalue weighted by molar-refractivity contribution is -0.154. The average Bonchev–Trinajstić information content (AvgIpc) is 2.99. The van der Waals surface area contributed by atoms with Gasteiger partial charge in [-0.1, -0.05) is 53.7 Å². The number of sulfonamides is 1. The molecular formula is C16H11F3N2O3S. The third-order valence-electron chi connectivity index (χ3n) is 3.29. The van der Waals surface area contributed by atoms with Crippen LogP contribution in [-0.2, 0) is 16.2 Å². The molecule has 0 amide bonds. The van der Waals surface area contributed by atoms with Crippen molar-refractivity contribution in [1.82, 2.24) is 5.16 Å². The van der Waals surface area contributed by atoms with E-state index in [1.54, 1.807) is 24.3 Å². The van der Waals surface area contributed by atoms with E-state index in [0.717, 1.165) is 0 Å². The second kappa shape index (κ2) is 6.25. The van der Waals surface area contributed by atoms with E-state index < -0.39 is 27.6 Å². The Morgan fingerprint density at radius 3 is 2.04 bits per heavy atom. The van der Waals surface area contributed by atoms with E-state index in [9.17, 15) is 21.6 Å². The number of nitrogens with zero attached hydrogens (tertiary/aromatic N) is 1. The number of hydrogen-bond donors (Lipinski definition) is 1. The standard InChI is InChI=1S/C16H11F3N2O3S/c17-16(18,19)15-14(13(20-24-15)11-7-3-1-4-8-11)21-25(22,23)12-9-5-2-6-10-12/h1-10,21H. The average molecular weight is 368 g/mol. The number of anilines is 1. The van der Waals surface area contributed by atoms with Crippen LogP contribution >= 0.6 is 0 Å². The number of benzene rings is 2. The Kier molecular flexibility index (Phi) is 4.25. The van der Waals surface area contributed by atoms with Crippen molar-refractivity contribution in [3.8, 4) is 11.3 Å². The van der Waals surface area contributed by atoms with Crippen LogP contribution in [0.2, 0.25) is 0 Å². The maximum atomic E-state index is 13.2. The van der Waals surface area contributed by atoms with Gasteiger partial charge in [0.15, 0.2) is 0 Å². The van der Waals surface area contributed by atoms with Crippen molar-refractivity contribution >= 4 is 15.7 Å². The summed E-state index contributed by atoms with van der Waals surface area (Å²) in [6, 6.07) is 14.9. The molecular weight excluding hydrogens is 357 g/mol. The number of nitrogens with one attached hydrogen (secondary N) is 1. The first-order valence-electron chi connectivity index (χ1n) is 6.99. The lowest BCUT2D eigenvalue weighted by Gasteiger charge is -2.10. The van der Waals surface area contributed by atoms with Gasteiger partial charge in [0, 0.05) is 5.56 Å². The molecule has 0 aliphatic rings. The first-order valence-corrected chi connectivity index (χ1v) is 8.47. The van der Waals surface area contributed by atoms with E-state index >= 15 is 0 Å². The normalized spacial score (nSPS) is 12.1. The monoisotopic (exact) mass is 368 g/mol. The van der Waals surface area contributed by atoms with E-state index in [0.29, 0.717) is 0 Å². The zero-order chi connectivity index (χ0) is 18.1. The van der Waals surface area contributed by atoms with Crippen LogP contribution in [0.3, 0.4) is 0 Å². The molecule has 1 aromatic heterocycles. The van der Waals surface area contributed by atoms with Crippen LogP contribution in [0.25, 0.3) is 11.3 Å². The SMILES string of the molecule is O=S(=O)(Nc1c(-c2ccccc2)noc1C(F)(F)F)c1ccccc1. The lowest BCUT2D eigenvalue weighted by Crippen LogP contribution is -2.16. The minimum absolute atomic E-state index is 0.177. The molecule has 0 fully saturated rings. The van der Waals surface area contributed by atoms with Crippen molar-refractivity contribution in [2.75, 3.05) is 4.72 Å². The molecule has 0 saturated heterocycles. The maximum absolute atomic E-state index is 13.2. The highest BCUT2D eigenvalue weighted by molar-refractivity contribution is 7.92. The summed E-state index contributed by atoms with van der Waals surface area (Å²) in [5.74, 6) is -1.51. The van der Waals surface area contributed by atoms with Crippen molar-refractivity contribution in [3.05, 3.63) is 66.4 Å². The second-order valence-electron chi connectivity index (χ2n) is 5.02. The van der Waals surface area contributed by atoms with E-state index in [1.165, 1.54) is 36.4 Å². The molecule has 9 heteroatoms. The topological polar surface area (TPSA) is 72.2 Å². The summed E-state index contributed by atoms with van der Waals surface area (Å²) in [4.78, 5) is -0.177. The molecule has 130 valence electrons. The molecule has 1 N–H and O–H groups in total. The number of hydrogen-bond acceptors (Lipinski definition) is 4. The highest BCUT2D eigenvalue weighted by Crippen LogP contribution is 2.41. The molecule has 0 atom stereocenters. The van der Waals surface area contributed by atoms with Crippen LogP contribution in [0.4, 0.5) is 18.9 Å². The summed E-state index contributed by atoms with van der Waals surface area (Å²) >= 11 is 0. The molecule has 0 bridgehead atoms. The molecule has 25 heavy (non-hydrogen) atoms. The maximum Gasteiger partial charge on any atom is 0.454 e. The minimum Gasteiger partial charge on any atom is -0.349 e. The first kappa shape index (κ1) is 17.0. The summed E-state index contributed by atoms with van der Waals surface area (Å²) in [5.41, 5.74) is -0.706. The zero-order valence-corrected chi connectivity index (χ0v) is 13.3. The fourth-order valence-electron chi connectivity index (χ4n) is 2.16. The predicted molar refractivity (Wildman–Crippen MR) is 84.2 cm³/mol. The molecule has 0 unspecified atom stereocenters. The molecule has 0 spiro atoms. The van der Waals surface area contributed by atoms with Crippen LogP contribution in [0.5, 0.6) is 0 Å². The molecule has 5 nitrogen and oxygen atoms in total. The van der Waals surface area contributed by atoms with Crippen molar-refractivity contribution in [3.63, 3.8) is 0 Å². The van der Waals surface area contributed by atoms with Crippen molar-refractivity contribution in [2.24, 2.45) is 0 Å². The molecule has 1 heterocycles. The molecule has 2 aromatic carbocycles. The summed E-state index contributed by atoms with van der Waals surface area (Å²) in [7, 11) is -4.25. The van der Waals surface area contributed by atoms with Crippen molar-refractivity contribution < 1.29 is 26.1 Å². The third kappa shape index (κ3) is 3.50. The fourth-order valence-corrected chi connectivity index (χ4v) is 3.26. The zero-order valence-electron chi connectivity index (χ0n) is 12.5. The van der Waals surface area contributed by atoms with Gasteiger partial charge in [-0.25, -0.2) is 8.42 Å². The third-order valence-corrected chi connectivity index (χ3v) is 4.65. The van der Waals surface area contributed by atoms with Crippen LogP contribution in [0, 0.1) is 0 Å². The molecule has 3 aromatic rings. The van der Waals surface area contributed by atoms with E-state index in [4.69, 9.17) is 0 Å². The van der Waals surface area contributed by atoms with Crippen LogP contribution in [-0.4, -0.2) is 13.6 Å². The van der Waals surface area contributed by atoms with Gasteiger partial charge in [0.25, 0.3) is 15.8 Å². The van der Waals surface area contributed by atoms with Gasteiger partial charge in [0.05, 0.1) is 4.90 Å². The van der Waals surface area contributed by atoms with Crippen molar-refractivity contribution in [2.45, 2.75) is 11.1 Å². The van der Waals surface area contributed by atoms with Crippen LogP contribution < -0.4 is 4.72 Å². The quantitative estimate of drug-likeness (QED) is 0.751. The van der Waals surface area contributed by atoms with Gasteiger partial charge >= 0.3 is 6.18 Å². The Morgan fingerprint density at radius 1 is 0.920 bits per heavy atom. The lowest BCUT2D eigenvalue weighted by atomic mass is 10.1. The van der Waals surface area contributed by atoms with Crippen LogP contribution in [0.1, 0.15) is 5.76 Å². The van der Waals surface area contributed by atoms with Gasteiger partial charge in [0.2, 0.25) is 0 Å². The van der Waals surface area contributed by atoms with E-state index in [1.807, 2.05) is 4.72 Å². The second-order valence-corrected chi connectivity index (χ2v) is 6.70. The first-order chi connectivity index (χ1) is 11.8. The van der Waals surface area contributed by atoms with E-state index in [2.05, 4.69) is 9.68 Å². The summed E-state index contributed by atoms with van der Waals surface area (Å²) in [6.07, 6.45) is -4.91. The van der Waals surface area contributed by atoms with Gasteiger partial charge in [-0.2, -0.15) is 13.2 Å². The van der Waals surface area contributed by atoms with Crippen LogP contribution in [0.15, 0.2) is 70.1 Å². The Hall–Kier alpha value is -2.81. The van der Waals surface area contributed by atoms with Gasteiger partial charge in [-0.15, -0.1) is 0 Å². The van der Waals surface area contributed by atoms with Gasteiger partial charge in [0.1, 0.15) is 11.4 Å².